The van der Waals surface area contributed by atoms with Gasteiger partial charge in [-0.25, -0.2) is 0 Å². The van der Waals surface area contributed by atoms with E-state index in [0.717, 1.165) is 21.5 Å². The van der Waals surface area contributed by atoms with Crippen molar-refractivity contribution < 1.29 is 9.47 Å². The summed E-state index contributed by atoms with van der Waals surface area (Å²) in [5.74, 6) is 0.755. The summed E-state index contributed by atoms with van der Waals surface area (Å²) in [4.78, 5) is 4.52. The van der Waals surface area contributed by atoms with Gasteiger partial charge in [-0.15, -0.1) is 0 Å². The van der Waals surface area contributed by atoms with Crippen LogP contribution in [0.3, 0.4) is 0 Å². The van der Waals surface area contributed by atoms with E-state index in [2.05, 4.69) is 66.8 Å². The molecular weight excluding hydrogens is 342 g/mol. The minimum atomic E-state index is -0.308. The second kappa shape index (κ2) is 5.07. The molecule has 0 fully saturated rings. The molecule has 1 aliphatic heterocycles. The topological polar surface area (TPSA) is 31.4 Å². The highest BCUT2D eigenvalue weighted by molar-refractivity contribution is 9.10. The van der Waals surface area contributed by atoms with Crippen LogP contribution in [0.1, 0.15) is 38.8 Å². The van der Waals surface area contributed by atoms with E-state index in [9.17, 15) is 0 Å². The van der Waals surface area contributed by atoms with E-state index in [1.54, 1.807) is 13.3 Å². The highest BCUT2D eigenvalue weighted by Crippen LogP contribution is 2.48. The summed E-state index contributed by atoms with van der Waals surface area (Å²) in [6.45, 7) is 8.44. The van der Waals surface area contributed by atoms with Gasteiger partial charge in [-0.1, -0.05) is 12.1 Å². The van der Waals surface area contributed by atoms with E-state index >= 15 is 0 Å². The van der Waals surface area contributed by atoms with Crippen molar-refractivity contribution in [1.29, 1.82) is 0 Å². The molecule has 1 aromatic carbocycles. The third-order valence-electron chi connectivity index (χ3n) is 4.14. The van der Waals surface area contributed by atoms with E-state index in [4.69, 9.17) is 9.47 Å². The third kappa shape index (κ3) is 2.44. The van der Waals surface area contributed by atoms with Gasteiger partial charge >= 0.3 is 0 Å². The summed E-state index contributed by atoms with van der Waals surface area (Å²) in [6, 6.07) is 8.33. The maximum atomic E-state index is 6.21. The average molecular weight is 362 g/mol. The van der Waals surface area contributed by atoms with Crippen LogP contribution in [0, 0.1) is 0 Å². The molecule has 0 saturated carbocycles. The zero-order chi connectivity index (χ0) is 16.1. The fraction of sp³-hybridized carbons (Fsp3) is 0.389. The first kappa shape index (κ1) is 15.5. The van der Waals surface area contributed by atoms with Crippen molar-refractivity contribution in [2.45, 2.75) is 38.9 Å². The summed E-state index contributed by atoms with van der Waals surface area (Å²) in [7, 11) is 1.66. The molecule has 1 aliphatic rings. The van der Waals surface area contributed by atoms with Crippen LogP contribution >= 0.6 is 15.9 Å². The number of methoxy groups -OCH3 is 1. The Kier molecular flexibility index (Phi) is 3.57. The minimum Gasteiger partial charge on any atom is -0.494 e. The van der Waals surface area contributed by atoms with Gasteiger partial charge in [0, 0.05) is 16.2 Å². The van der Waals surface area contributed by atoms with E-state index in [0.29, 0.717) is 0 Å². The number of pyridine rings is 1. The first-order valence-corrected chi connectivity index (χ1v) is 8.09. The van der Waals surface area contributed by atoms with E-state index in [-0.39, 0.29) is 11.2 Å². The Bertz CT molecular complexity index is 738. The lowest BCUT2D eigenvalue weighted by molar-refractivity contribution is -0.105. The summed E-state index contributed by atoms with van der Waals surface area (Å²) in [5.41, 5.74) is 3.75. The molecule has 0 N–H and O–H groups in total. The molecule has 2 heterocycles. The number of benzene rings is 1. The molecule has 0 atom stereocenters. The van der Waals surface area contributed by atoms with Gasteiger partial charge in [-0.05, 0) is 66.9 Å². The number of halogens is 1. The van der Waals surface area contributed by atoms with Gasteiger partial charge in [-0.2, -0.15) is 0 Å². The van der Waals surface area contributed by atoms with Crippen LogP contribution in [-0.4, -0.2) is 12.1 Å². The van der Waals surface area contributed by atoms with Crippen LogP contribution in [0.5, 0.6) is 5.75 Å². The fourth-order valence-electron chi connectivity index (χ4n) is 3.26. The van der Waals surface area contributed by atoms with Gasteiger partial charge in [0.05, 0.1) is 18.3 Å². The number of fused-ring (bicyclic) bond motifs is 1. The maximum Gasteiger partial charge on any atom is 0.146 e. The molecule has 0 radical (unpaired) electrons. The zero-order valence-corrected chi connectivity index (χ0v) is 15.1. The fourth-order valence-corrected chi connectivity index (χ4v) is 3.57. The number of aromatic nitrogens is 1. The molecule has 0 amide bonds. The van der Waals surface area contributed by atoms with Gasteiger partial charge in [0.15, 0.2) is 0 Å². The molecule has 116 valence electrons. The molecular formula is C18H20BrNO2. The molecule has 4 heteroatoms. The quantitative estimate of drug-likeness (QED) is 0.752. The Morgan fingerprint density at radius 3 is 2.41 bits per heavy atom. The van der Waals surface area contributed by atoms with E-state index in [1.165, 1.54) is 11.1 Å². The predicted octanol–water partition coefficient (Wildman–Crippen LogP) is 5.02. The van der Waals surface area contributed by atoms with Gasteiger partial charge in [0.25, 0.3) is 0 Å². The second-order valence-corrected chi connectivity index (χ2v) is 7.50. The third-order valence-corrected chi connectivity index (χ3v) is 4.57. The highest BCUT2D eigenvalue weighted by atomic mass is 79.9. The number of rotatable bonds is 2. The SMILES string of the molecule is COc1cc(Br)cnc1-c1ccc2c(c1)C(C)(C)OC2(C)C. The molecule has 0 bridgehead atoms. The average Bonchev–Trinajstić information content (AvgIpc) is 2.63. The Labute approximate surface area is 139 Å². The van der Waals surface area contributed by atoms with Crippen molar-refractivity contribution >= 4 is 15.9 Å². The zero-order valence-electron chi connectivity index (χ0n) is 13.5. The summed E-state index contributed by atoms with van der Waals surface area (Å²) in [5, 5.41) is 0. The Morgan fingerprint density at radius 1 is 1.05 bits per heavy atom. The van der Waals surface area contributed by atoms with Crippen LogP contribution in [0.25, 0.3) is 11.3 Å². The lowest BCUT2D eigenvalue weighted by Crippen LogP contribution is -2.22. The number of nitrogens with zero attached hydrogens (tertiary/aromatic N) is 1. The second-order valence-electron chi connectivity index (χ2n) is 6.59. The first-order chi connectivity index (χ1) is 10.2. The largest absolute Gasteiger partial charge is 0.494 e. The molecule has 0 aliphatic carbocycles. The van der Waals surface area contributed by atoms with Gasteiger partial charge in [0.1, 0.15) is 11.4 Å². The van der Waals surface area contributed by atoms with Gasteiger partial charge in [-0.3, -0.25) is 4.98 Å². The van der Waals surface area contributed by atoms with Crippen molar-refractivity contribution in [3.05, 3.63) is 46.1 Å². The minimum absolute atomic E-state index is 0.269. The lowest BCUT2D eigenvalue weighted by atomic mass is 9.88. The Morgan fingerprint density at radius 2 is 1.73 bits per heavy atom. The standard InChI is InChI=1S/C18H20BrNO2/c1-17(2)13-7-6-11(8-14(13)18(3,4)22-17)16-15(21-5)9-12(19)10-20-16/h6-10H,1-5H3. The highest BCUT2D eigenvalue weighted by Gasteiger charge is 2.42. The number of hydrogen-bond donors (Lipinski definition) is 0. The van der Waals surface area contributed by atoms with Crippen molar-refractivity contribution in [3.8, 4) is 17.0 Å². The van der Waals surface area contributed by atoms with Crippen LogP contribution in [-0.2, 0) is 15.9 Å². The van der Waals surface area contributed by atoms with Crippen LogP contribution < -0.4 is 4.74 Å². The van der Waals surface area contributed by atoms with E-state index in [1.807, 2.05) is 6.07 Å². The van der Waals surface area contributed by atoms with Gasteiger partial charge in [0.2, 0.25) is 0 Å². The smallest absolute Gasteiger partial charge is 0.146 e. The molecule has 1 aromatic heterocycles. The van der Waals surface area contributed by atoms with Crippen molar-refractivity contribution in [1.82, 2.24) is 4.98 Å². The molecule has 3 nitrogen and oxygen atoms in total. The monoisotopic (exact) mass is 361 g/mol. The van der Waals surface area contributed by atoms with Crippen LogP contribution in [0.2, 0.25) is 0 Å². The van der Waals surface area contributed by atoms with Gasteiger partial charge < -0.3 is 9.47 Å². The van der Waals surface area contributed by atoms with E-state index < -0.39 is 0 Å². The molecule has 3 rings (SSSR count). The molecule has 0 unspecified atom stereocenters. The number of ether oxygens (including phenoxy) is 2. The summed E-state index contributed by atoms with van der Waals surface area (Å²) >= 11 is 3.43. The van der Waals surface area contributed by atoms with Crippen LogP contribution in [0.15, 0.2) is 34.9 Å². The summed E-state index contributed by atoms with van der Waals surface area (Å²) in [6.07, 6.45) is 1.79. The van der Waals surface area contributed by atoms with Crippen molar-refractivity contribution in [3.63, 3.8) is 0 Å². The molecule has 0 saturated heterocycles. The van der Waals surface area contributed by atoms with Crippen LogP contribution in [0.4, 0.5) is 0 Å². The van der Waals surface area contributed by atoms with Crippen molar-refractivity contribution in [2.75, 3.05) is 7.11 Å². The maximum absolute atomic E-state index is 6.21. The number of hydrogen-bond acceptors (Lipinski definition) is 3. The molecule has 22 heavy (non-hydrogen) atoms. The van der Waals surface area contributed by atoms with Crippen molar-refractivity contribution in [2.24, 2.45) is 0 Å². The predicted molar refractivity (Wildman–Crippen MR) is 91.1 cm³/mol. The lowest BCUT2D eigenvalue weighted by Gasteiger charge is -2.24. The molecule has 0 spiro atoms. The molecule has 2 aromatic rings. The summed E-state index contributed by atoms with van der Waals surface area (Å²) < 4.78 is 12.6. The Hall–Kier alpha value is -1.39. The first-order valence-electron chi connectivity index (χ1n) is 7.30. The normalized spacial score (nSPS) is 18.1. The Balaban J connectivity index is 2.17.